The van der Waals surface area contributed by atoms with Crippen LogP contribution in [0.2, 0.25) is 5.02 Å². The minimum atomic E-state index is -0.325. The SMILES string of the molecule is NC(=O)CN[C@H]1CC[C@@H](N[C@H](Cc2ccc(Cl)cc2)C(=O)N2CCC(Cn3cncn3)(C3CCCCC3)CC2)CC1. The first-order valence-electron chi connectivity index (χ1n) is 15.5. The van der Waals surface area contributed by atoms with Gasteiger partial charge in [-0.1, -0.05) is 43.0 Å². The lowest BCUT2D eigenvalue weighted by molar-refractivity contribution is -0.137. The van der Waals surface area contributed by atoms with Crippen molar-refractivity contribution in [2.45, 2.75) is 102 Å². The summed E-state index contributed by atoms with van der Waals surface area (Å²) in [4.78, 5) is 31.6. The number of hydrogen-bond donors (Lipinski definition) is 3. The van der Waals surface area contributed by atoms with E-state index in [4.69, 9.17) is 17.3 Å². The quantitative estimate of drug-likeness (QED) is 0.371. The van der Waals surface area contributed by atoms with Gasteiger partial charge in [-0.25, -0.2) is 4.98 Å². The van der Waals surface area contributed by atoms with E-state index in [9.17, 15) is 9.59 Å². The maximum atomic E-state index is 14.1. The Hall–Kier alpha value is -2.49. The molecule has 2 amide bonds. The maximum absolute atomic E-state index is 14.1. The molecule has 41 heavy (non-hydrogen) atoms. The van der Waals surface area contributed by atoms with Crippen LogP contribution in [0, 0.1) is 11.3 Å². The van der Waals surface area contributed by atoms with Crippen LogP contribution in [-0.4, -0.2) is 69.2 Å². The third-order valence-electron chi connectivity index (χ3n) is 9.87. The molecule has 1 saturated heterocycles. The first-order chi connectivity index (χ1) is 19.9. The highest BCUT2D eigenvalue weighted by Crippen LogP contribution is 2.47. The highest BCUT2D eigenvalue weighted by molar-refractivity contribution is 6.30. The number of benzene rings is 1. The molecule has 2 aromatic rings. The number of amides is 2. The molecule has 10 heteroatoms. The first-order valence-corrected chi connectivity index (χ1v) is 15.9. The van der Waals surface area contributed by atoms with Gasteiger partial charge in [0.2, 0.25) is 11.8 Å². The van der Waals surface area contributed by atoms with Gasteiger partial charge >= 0.3 is 0 Å². The van der Waals surface area contributed by atoms with E-state index in [2.05, 4.69) is 25.6 Å². The minimum absolute atomic E-state index is 0.167. The number of carbonyl (C=O) groups excluding carboxylic acids is 2. The van der Waals surface area contributed by atoms with E-state index in [1.54, 1.807) is 6.33 Å². The van der Waals surface area contributed by atoms with Crippen molar-refractivity contribution in [2.75, 3.05) is 19.6 Å². The Morgan fingerprint density at radius 1 is 1.00 bits per heavy atom. The van der Waals surface area contributed by atoms with Crippen molar-refractivity contribution < 1.29 is 9.59 Å². The second-order valence-electron chi connectivity index (χ2n) is 12.6. The summed E-state index contributed by atoms with van der Waals surface area (Å²) in [6.45, 7) is 2.67. The van der Waals surface area contributed by atoms with Crippen LogP contribution < -0.4 is 16.4 Å². The van der Waals surface area contributed by atoms with Gasteiger partial charge in [-0.05, 0) is 86.8 Å². The lowest BCUT2D eigenvalue weighted by Gasteiger charge is -2.48. The molecule has 0 bridgehead atoms. The number of halogens is 1. The number of likely N-dealkylation sites (tertiary alicyclic amines) is 1. The zero-order valence-electron chi connectivity index (χ0n) is 24.1. The maximum Gasteiger partial charge on any atom is 0.240 e. The summed E-state index contributed by atoms with van der Waals surface area (Å²) in [6.07, 6.45) is 16.5. The van der Waals surface area contributed by atoms with Gasteiger partial charge in [0.05, 0.1) is 12.6 Å². The number of carbonyl (C=O) groups is 2. The second-order valence-corrected chi connectivity index (χ2v) is 13.0. The third-order valence-corrected chi connectivity index (χ3v) is 10.1. The summed E-state index contributed by atoms with van der Waals surface area (Å²) >= 11 is 6.15. The molecule has 4 N–H and O–H groups in total. The van der Waals surface area contributed by atoms with Gasteiger partial charge in [0.25, 0.3) is 0 Å². The molecule has 9 nitrogen and oxygen atoms in total. The van der Waals surface area contributed by atoms with Gasteiger partial charge in [-0.15, -0.1) is 0 Å². The Morgan fingerprint density at radius 3 is 2.32 bits per heavy atom. The summed E-state index contributed by atoms with van der Waals surface area (Å²) in [5.74, 6) is 0.556. The lowest BCUT2D eigenvalue weighted by atomic mass is 9.63. The Labute approximate surface area is 249 Å². The summed E-state index contributed by atoms with van der Waals surface area (Å²) < 4.78 is 2.01. The zero-order chi connectivity index (χ0) is 28.7. The van der Waals surface area contributed by atoms with Crippen molar-refractivity contribution in [3.8, 4) is 0 Å². The summed E-state index contributed by atoms with van der Waals surface area (Å²) in [7, 11) is 0. The number of aromatic nitrogens is 3. The van der Waals surface area contributed by atoms with Crippen molar-refractivity contribution in [3.63, 3.8) is 0 Å². The molecule has 2 saturated carbocycles. The fraction of sp³-hybridized carbons (Fsp3) is 0.677. The highest BCUT2D eigenvalue weighted by Gasteiger charge is 2.44. The Bertz CT molecular complexity index is 1100. The molecule has 3 aliphatic rings. The Balaban J connectivity index is 1.25. The number of primary amides is 1. The van der Waals surface area contributed by atoms with Crippen molar-refractivity contribution in [2.24, 2.45) is 17.1 Å². The molecule has 3 fully saturated rings. The van der Waals surface area contributed by atoms with Crippen LogP contribution >= 0.6 is 11.6 Å². The van der Waals surface area contributed by atoms with Crippen molar-refractivity contribution in [1.82, 2.24) is 30.3 Å². The molecule has 2 heterocycles. The van der Waals surface area contributed by atoms with Crippen molar-refractivity contribution >= 4 is 23.4 Å². The van der Waals surface area contributed by atoms with E-state index in [0.717, 1.165) is 63.7 Å². The molecular formula is C31H46ClN7O2. The number of nitrogens with two attached hydrogens (primary N) is 1. The predicted octanol–water partition coefficient (Wildman–Crippen LogP) is 3.71. The van der Waals surface area contributed by atoms with Gasteiger partial charge in [0.15, 0.2) is 0 Å². The summed E-state index contributed by atoms with van der Waals surface area (Å²) in [6, 6.07) is 8.13. The van der Waals surface area contributed by atoms with Crippen LogP contribution in [0.15, 0.2) is 36.9 Å². The number of nitrogens with one attached hydrogen (secondary N) is 2. The normalized spacial score (nSPS) is 24.2. The van der Waals surface area contributed by atoms with Gasteiger partial charge in [-0.3, -0.25) is 14.3 Å². The molecule has 1 aromatic carbocycles. The van der Waals surface area contributed by atoms with E-state index in [0.29, 0.717) is 23.4 Å². The smallest absolute Gasteiger partial charge is 0.240 e. The predicted molar refractivity (Wildman–Crippen MR) is 160 cm³/mol. The molecular weight excluding hydrogens is 538 g/mol. The van der Waals surface area contributed by atoms with Crippen LogP contribution in [0.25, 0.3) is 0 Å². The molecule has 0 radical (unpaired) electrons. The second kappa shape index (κ2) is 14.1. The van der Waals surface area contributed by atoms with Crippen molar-refractivity contribution in [3.05, 3.63) is 47.5 Å². The van der Waals surface area contributed by atoms with Crippen molar-refractivity contribution in [1.29, 1.82) is 0 Å². The highest BCUT2D eigenvalue weighted by atomic mass is 35.5. The fourth-order valence-corrected chi connectivity index (χ4v) is 7.63. The largest absolute Gasteiger partial charge is 0.369 e. The van der Waals surface area contributed by atoms with Crippen LogP contribution in [-0.2, 0) is 22.6 Å². The molecule has 1 aromatic heterocycles. The van der Waals surface area contributed by atoms with Gasteiger partial charge < -0.3 is 21.3 Å². The molecule has 1 aliphatic heterocycles. The molecule has 1 atom stereocenters. The average molecular weight is 584 g/mol. The standard InChI is InChI=1S/C31H46ClN7O2/c32-25-8-6-23(7-9-25)18-28(37-27-12-10-26(11-13-27)35-19-29(33)40)30(41)38-16-14-31(15-17-38,20-39-22-34-21-36-39)24-4-2-1-3-5-24/h6-9,21-22,24,26-28,35,37H,1-5,10-20H2,(H2,33,40)/t26-,27+,28-/m1/s1. The number of nitrogens with zero attached hydrogens (tertiary/aromatic N) is 4. The molecule has 5 rings (SSSR count). The average Bonchev–Trinajstić information content (AvgIpc) is 3.51. The molecule has 0 spiro atoms. The lowest BCUT2D eigenvalue weighted by Crippen LogP contribution is -2.56. The summed E-state index contributed by atoms with van der Waals surface area (Å²) in [5.41, 5.74) is 6.59. The summed E-state index contributed by atoms with van der Waals surface area (Å²) in [5, 5.41) is 12.2. The third kappa shape index (κ3) is 8.08. The molecule has 0 unspecified atom stereocenters. The number of piperidine rings is 1. The van der Waals surface area contributed by atoms with E-state index in [-0.39, 0.29) is 35.9 Å². The number of hydrogen-bond acceptors (Lipinski definition) is 6. The first kappa shape index (κ1) is 30.0. The van der Waals surface area contributed by atoms with Crippen LogP contribution in [0.3, 0.4) is 0 Å². The van der Waals surface area contributed by atoms with E-state index >= 15 is 0 Å². The Morgan fingerprint density at radius 2 is 1.68 bits per heavy atom. The van der Waals surface area contributed by atoms with Gasteiger partial charge in [-0.2, -0.15) is 5.10 Å². The fourth-order valence-electron chi connectivity index (χ4n) is 7.51. The van der Waals surface area contributed by atoms with Crippen LogP contribution in [0.1, 0.15) is 76.2 Å². The number of rotatable bonds is 11. The van der Waals surface area contributed by atoms with E-state index in [1.165, 1.54) is 32.1 Å². The van der Waals surface area contributed by atoms with Crippen LogP contribution in [0.4, 0.5) is 0 Å². The van der Waals surface area contributed by atoms with E-state index < -0.39 is 0 Å². The van der Waals surface area contributed by atoms with Crippen LogP contribution in [0.5, 0.6) is 0 Å². The van der Waals surface area contributed by atoms with E-state index in [1.807, 2.05) is 35.3 Å². The molecule has 2 aliphatic carbocycles. The monoisotopic (exact) mass is 583 g/mol. The minimum Gasteiger partial charge on any atom is -0.369 e. The Kier molecular flexibility index (Phi) is 10.3. The topological polar surface area (TPSA) is 118 Å². The van der Waals surface area contributed by atoms with Gasteiger partial charge in [0, 0.05) is 36.7 Å². The zero-order valence-corrected chi connectivity index (χ0v) is 24.9. The van der Waals surface area contributed by atoms with Gasteiger partial charge in [0.1, 0.15) is 12.7 Å². The molecule has 224 valence electrons.